The van der Waals surface area contributed by atoms with Crippen molar-refractivity contribution in [3.8, 4) is 11.5 Å². The Kier molecular flexibility index (Phi) is 6.18. The number of aliphatic carboxylic acids is 1. The molecule has 120 valence electrons. The lowest BCUT2D eigenvalue weighted by atomic mass is 10.2. The van der Waals surface area contributed by atoms with E-state index in [0.29, 0.717) is 11.5 Å². The molecule has 8 nitrogen and oxygen atoms in total. The first-order valence-electron chi connectivity index (χ1n) is 6.41. The summed E-state index contributed by atoms with van der Waals surface area (Å²) in [6, 6.07) is 3.55. The number of nitrogens with one attached hydrogen (secondary N) is 2. The van der Waals surface area contributed by atoms with Crippen molar-refractivity contribution in [1.82, 2.24) is 10.6 Å². The summed E-state index contributed by atoms with van der Waals surface area (Å²) in [6.07, 6.45) is 0. The van der Waals surface area contributed by atoms with Crippen LogP contribution in [0.25, 0.3) is 0 Å². The second kappa shape index (κ2) is 7.87. The third kappa shape index (κ3) is 4.65. The lowest BCUT2D eigenvalue weighted by molar-refractivity contribution is -0.141. The Hall–Kier alpha value is -2.77. The average molecular weight is 310 g/mol. The summed E-state index contributed by atoms with van der Waals surface area (Å²) in [5.41, 5.74) is 0.289. The van der Waals surface area contributed by atoms with Gasteiger partial charge in [0.1, 0.15) is 6.04 Å². The predicted octanol–water partition coefficient (Wildman–Crippen LogP) is 0.0229. The van der Waals surface area contributed by atoms with Gasteiger partial charge in [0, 0.05) is 5.56 Å². The van der Waals surface area contributed by atoms with Gasteiger partial charge in [0.05, 0.1) is 20.8 Å². The van der Waals surface area contributed by atoms with Gasteiger partial charge in [0.25, 0.3) is 5.91 Å². The van der Waals surface area contributed by atoms with E-state index in [2.05, 4.69) is 10.6 Å². The lowest BCUT2D eigenvalue weighted by Gasteiger charge is -2.11. The number of amides is 2. The fourth-order valence-electron chi connectivity index (χ4n) is 1.59. The number of carbonyl (C=O) groups excluding carboxylic acids is 2. The number of hydrogen-bond donors (Lipinski definition) is 3. The third-order valence-corrected chi connectivity index (χ3v) is 2.80. The zero-order valence-corrected chi connectivity index (χ0v) is 12.5. The number of methoxy groups -OCH3 is 2. The maximum Gasteiger partial charge on any atom is 0.325 e. The molecule has 0 aliphatic carbocycles. The lowest BCUT2D eigenvalue weighted by Crippen LogP contribution is -2.44. The molecule has 8 heteroatoms. The van der Waals surface area contributed by atoms with E-state index in [1.165, 1.54) is 33.3 Å². The molecule has 1 aromatic rings. The summed E-state index contributed by atoms with van der Waals surface area (Å²) in [7, 11) is 2.92. The molecule has 0 spiro atoms. The highest BCUT2D eigenvalue weighted by molar-refractivity contribution is 5.97. The molecule has 0 unspecified atom stereocenters. The second-order valence-corrected chi connectivity index (χ2v) is 4.38. The van der Waals surface area contributed by atoms with Crippen LogP contribution in [-0.4, -0.2) is 49.7 Å². The van der Waals surface area contributed by atoms with Crippen LogP contribution in [0.4, 0.5) is 0 Å². The summed E-state index contributed by atoms with van der Waals surface area (Å²) in [4.78, 5) is 34.0. The van der Waals surface area contributed by atoms with Gasteiger partial charge < -0.3 is 25.2 Å². The molecule has 0 heterocycles. The van der Waals surface area contributed by atoms with Crippen molar-refractivity contribution in [2.45, 2.75) is 13.0 Å². The number of carbonyl (C=O) groups is 3. The van der Waals surface area contributed by atoms with Gasteiger partial charge in [0.15, 0.2) is 11.5 Å². The summed E-state index contributed by atoms with van der Waals surface area (Å²) >= 11 is 0. The van der Waals surface area contributed by atoms with Gasteiger partial charge in [-0.25, -0.2) is 0 Å². The maximum atomic E-state index is 11.9. The van der Waals surface area contributed by atoms with Crippen molar-refractivity contribution in [3.63, 3.8) is 0 Å². The molecule has 0 radical (unpaired) electrons. The van der Waals surface area contributed by atoms with E-state index in [9.17, 15) is 14.4 Å². The van der Waals surface area contributed by atoms with Crippen LogP contribution in [0.2, 0.25) is 0 Å². The van der Waals surface area contributed by atoms with E-state index in [4.69, 9.17) is 14.6 Å². The van der Waals surface area contributed by atoms with Crippen LogP contribution in [0.5, 0.6) is 11.5 Å². The normalized spacial score (nSPS) is 11.2. The quantitative estimate of drug-likeness (QED) is 0.654. The zero-order chi connectivity index (χ0) is 16.7. The van der Waals surface area contributed by atoms with Gasteiger partial charge in [-0.05, 0) is 25.1 Å². The summed E-state index contributed by atoms with van der Waals surface area (Å²) < 4.78 is 10.1. The minimum Gasteiger partial charge on any atom is -0.493 e. The molecule has 0 saturated heterocycles. The number of benzene rings is 1. The highest BCUT2D eigenvalue weighted by Gasteiger charge is 2.15. The SMILES string of the molecule is COc1ccc(C(=O)NCC(=O)N[C@@H](C)C(=O)O)cc1OC. The van der Waals surface area contributed by atoms with Gasteiger partial charge in [-0.3, -0.25) is 14.4 Å². The molecular weight excluding hydrogens is 292 g/mol. The molecule has 0 aromatic heterocycles. The molecule has 2 amide bonds. The Labute approximate surface area is 127 Å². The van der Waals surface area contributed by atoms with E-state index < -0.39 is 23.8 Å². The summed E-state index contributed by atoms with van der Waals surface area (Å²) in [5.74, 6) is -1.37. The molecule has 0 aliphatic heterocycles. The van der Waals surface area contributed by atoms with Gasteiger partial charge in [-0.15, -0.1) is 0 Å². The van der Waals surface area contributed by atoms with Crippen molar-refractivity contribution in [3.05, 3.63) is 23.8 Å². The molecule has 22 heavy (non-hydrogen) atoms. The van der Waals surface area contributed by atoms with E-state index >= 15 is 0 Å². The van der Waals surface area contributed by atoms with Crippen molar-refractivity contribution in [1.29, 1.82) is 0 Å². The number of carboxylic acid groups (broad SMARTS) is 1. The topological polar surface area (TPSA) is 114 Å². The van der Waals surface area contributed by atoms with Gasteiger partial charge in [0.2, 0.25) is 5.91 Å². The van der Waals surface area contributed by atoms with Crippen LogP contribution >= 0.6 is 0 Å². The number of carboxylic acids is 1. The average Bonchev–Trinajstić information content (AvgIpc) is 2.51. The van der Waals surface area contributed by atoms with Gasteiger partial charge >= 0.3 is 5.97 Å². The molecule has 0 bridgehead atoms. The Morgan fingerprint density at radius 1 is 1.18 bits per heavy atom. The maximum absolute atomic E-state index is 11.9. The van der Waals surface area contributed by atoms with Crippen molar-refractivity contribution in [2.24, 2.45) is 0 Å². The molecule has 0 aliphatic rings. The second-order valence-electron chi connectivity index (χ2n) is 4.38. The Bertz CT molecular complexity index is 572. The smallest absolute Gasteiger partial charge is 0.325 e. The highest BCUT2D eigenvalue weighted by atomic mass is 16.5. The van der Waals surface area contributed by atoms with Gasteiger partial charge in [-0.2, -0.15) is 0 Å². The van der Waals surface area contributed by atoms with E-state index in [0.717, 1.165) is 0 Å². The molecule has 1 aromatic carbocycles. The fourth-order valence-corrected chi connectivity index (χ4v) is 1.59. The van der Waals surface area contributed by atoms with Crippen molar-refractivity contribution < 1.29 is 29.0 Å². The molecule has 1 rings (SSSR count). The third-order valence-electron chi connectivity index (χ3n) is 2.80. The van der Waals surface area contributed by atoms with Crippen LogP contribution < -0.4 is 20.1 Å². The Balaban J connectivity index is 2.62. The number of ether oxygens (including phenoxy) is 2. The monoisotopic (exact) mass is 310 g/mol. The van der Waals surface area contributed by atoms with E-state index in [1.54, 1.807) is 6.07 Å². The predicted molar refractivity (Wildman–Crippen MR) is 77.1 cm³/mol. The van der Waals surface area contributed by atoms with E-state index in [1.807, 2.05) is 0 Å². The first-order chi connectivity index (χ1) is 10.4. The Morgan fingerprint density at radius 3 is 2.36 bits per heavy atom. The standard InChI is InChI=1S/C14H18N2O6/c1-8(14(19)20)16-12(17)7-15-13(18)9-4-5-10(21-2)11(6-9)22-3/h4-6,8H,7H2,1-3H3,(H,15,18)(H,16,17)(H,19,20)/t8-/m0/s1. The van der Waals surface area contributed by atoms with E-state index in [-0.39, 0.29) is 12.1 Å². The van der Waals surface area contributed by atoms with Crippen LogP contribution in [-0.2, 0) is 9.59 Å². The van der Waals surface area contributed by atoms with Crippen LogP contribution in [0.15, 0.2) is 18.2 Å². The van der Waals surface area contributed by atoms with Crippen LogP contribution in [0.3, 0.4) is 0 Å². The largest absolute Gasteiger partial charge is 0.493 e. The molecule has 3 N–H and O–H groups in total. The first-order valence-corrected chi connectivity index (χ1v) is 6.41. The van der Waals surface area contributed by atoms with Crippen molar-refractivity contribution in [2.75, 3.05) is 20.8 Å². The minimum atomic E-state index is -1.15. The summed E-state index contributed by atoms with van der Waals surface area (Å²) in [6.45, 7) is 1.00. The van der Waals surface area contributed by atoms with Gasteiger partial charge in [-0.1, -0.05) is 0 Å². The van der Waals surface area contributed by atoms with Crippen molar-refractivity contribution >= 4 is 17.8 Å². The molecule has 1 atom stereocenters. The first kappa shape index (κ1) is 17.3. The van der Waals surface area contributed by atoms with Crippen LogP contribution in [0.1, 0.15) is 17.3 Å². The summed E-state index contributed by atoms with van der Waals surface area (Å²) in [5, 5.41) is 13.3. The Morgan fingerprint density at radius 2 is 1.82 bits per heavy atom. The molecule has 0 saturated carbocycles. The molecular formula is C14H18N2O6. The fraction of sp³-hybridized carbons (Fsp3) is 0.357. The van der Waals surface area contributed by atoms with Crippen LogP contribution in [0, 0.1) is 0 Å². The minimum absolute atomic E-state index is 0.289. The number of rotatable bonds is 7. The zero-order valence-electron chi connectivity index (χ0n) is 12.5. The molecule has 0 fully saturated rings. The number of hydrogen-bond acceptors (Lipinski definition) is 5. The highest BCUT2D eigenvalue weighted by Crippen LogP contribution is 2.27.